The number of hydrogen-bond acceptors (Lipinski definition) is 3. The zero-order chi connectivity index (χ0) is 13.2. The zero-order valence-corrected chi connectivity index (χ0v) is 11.1. The van der Waals surface area contributed by atoms with Gasteiger partial charge in [-0.1, -0.05) is 12.1 Å². The summed E-state index contributed by atoms with van der Waals surface area (Å²) in [5, 5.41) is 4.73. The van der Waals surface area contributed by atoms with Gasteiger partial charge in [0.15, 0.2) is 0 Å². The van der Waals surface area contributed by atoms with Crippen molar-refractivity contribution >= 4 is 16.9 Å². The predicted octanol–water partition coefficient (Wildman–Crippen LogP) is 2.07. The first-order valence-electron chi connectivity index (χ1n) is 6.65. The minimum Gasteiger partial charge on any atom is -0.468 e. The molecule has 0 saturated heterocycles. The van der Waals surface area contributed by atoms with Gasteiger partial charge < -0.3 is 14.6 Å². The van der Waals surface area contributed by atoms with Crippen LogP contribution in [0.1, 0.15) is 18.4 Å². The molecule has 1 aromatic heterocycles. The van der Waals surface area contributed by atoms with E-state index < -0.39 is 0 Å². The average molecular weight is 258 g/mol. The summed E-state index contributed by atoms with van der Waals surface area (Å²) in [4.78, 5) is 11.4. The Bertz CT molecular complexity index is 599. The topological polar surface area (TPSA) is 43.3 Å². The minimum absolute atomic E-state index is 0.223. The highest BCUT2D eigenvalue weighted by molar-refractivity contribution is 5.85. The number of rotatable bonds is 5. The summed E-state index contributed by atoms with van der Waals surface area (Å²) in [5.74, 6) is -0.223. The first-order chi connectivity index (χ1) is 9.28. The number of fused-ring (bicyclic) bond motifs is 1. The quantitative estimate of drug-likeness (QED) is 0.835. The lowest BCUT2D eigenvalue weighted by molar-refractivity contribution is -0.141. The molecule has 2 aromatic rings. The van der Waals surface area contributed by atoms with Gasteiger partial charge in [-0.15, -0.1) is 0 Å². The lowest BCUT2D eigenvalue weighted by atomic mass is 10.1. The number of aromatic nitrogens is 1. The van der Waals surface area contributed by atoms with E-state index >= 15 is 0 Å². The van der Waals surface area contributed by atoms with Gasteiger partial charge in [-0.3, -0.25) is 4.79 Å². The van der Waals surface area contributed by atoms with Crippen molar-refractivity contribution in [3.63, 3.8) is 0 Å². The number of benzene rings is 1. The van der Waals surface area contributed by atoms with Crippen molar-refractivity contribution < 1.29 is 9.53 Å². The maximum Gasteiger partial charge on any atom is 0.325 e. The molecule has 1 N–H and O–H groups in total. The largest absolute Gasteiger partial charge is 0.468 e. The molecule has 0 bridgehead atoms. The molecule has 1 saturated carbocycles. The Labute approximate surface area is 112 Å². The first kappa shape index (κ1) is 12.2. The smallest absolute Gasteiger partial charge is 0.325 e. The fourth-order valence-electron chi connectivity index (χ4n) is 2.32. The number of carbonyl (C=O) groups is 1. The molecular weight excluding hydrogens is 240 g/mol. The fourth-order valence-corrected chi connectivity index (χ4v) is 2.32. The van der Waals surface area contributed by atoms with Crippen LogP contribution in [0.3, 0.4) is 0 Å². The third-order valence-corrected chi connectivity index (χ3v) is 3.59. The van der Waals surface area contributed by atoms with Crippen LogP contribution in [0.25, 0.3) is 10.9 Å². The molecule has 1 aliphatic rings. The van der Waals surface area contributed by atoms with E-state index in [4.69, 9.17) is 4.74 Å². The number of nitrogens with zero attached hydrogens (tertiary/aromatic N) is 1. The summed E-state index contributed by atoms with van der Waals surface area (Å²) in [6.07, 6.45) is 4.53. The first-order valence-corrected chi connectivity index (χ1v) is 6.65. The van der Waals surface area contributed by atoms with Crippen LogP contribution in [0, 0.1) is 0 Å². The maximum absolute atomic E-state index is 11.4. The molecule has 1 heterocycles. The van der Waals surface area contributed by atoms with E-state index in [1.165, 1.54) is 30.9 Å². The Balaban J connectivity index is 1.85. The van der Waals surface area contributed by atoms with E-state index in [1.807, 2.05) is 22.9 Å². The summed E-state index contributed by atoms with van der Waals surface area (Å²) in [5.41, 5.74) is 2.37. The van der Waals surface area contributed by atoms with Gasteiger partial charge in [0.2, 0.25) is 0 Å². The molecule has 0 unspecified atom stereocenters. The van der Waals surface area contributed by atoms with Crippen LogP contribution in [-0.2, 0) is 22.6 Å². The van der Waals surface area contributed by atoms with Gasteiger partial charge in [0.05, 0.1) is 7.11 Å². The highest BCUT2D eigenvalue weighted by atomic mass is 16.5. The predicted molar refractivity (Wildman–Crippen MR) is 73.8 cm³/mol. The Hall–Kier alpha value is -1.81. The van der Waals surface area contributed by atoms with Crippen LogP contribution >= 0.6 is 0 Å². The van der Waals surface area contributed by atoms with Crippen molar-refractivity contribution in [2.24, 2.45) is 0 Å². The van der Waals surface area contributed by atoms with Gasteiger partial charge in [0, 0.05) is 29.7 Å². The number of nitrogens with one attached hydrogen (secondary N) is 1. The molecule has 0 radical (unpaired) electrons. The minimum atomic E-state index is -0.223. The summed E-state index contributed by atoms with van der Waals surface area (Å²) in [7, 11) is 1.42. The van der Waals surface area contributed by atoms with Crippen molar-refractivity contribution in [3.05, 3.63) is 36.0 Å². The Morgan fingerprint density at radius 3 is 3.00 bits per heavy atom. The monoisotopic (exact) mass is 258 g/mol. The maximum atomic E-state index is 11.4. The normalized spacial score (nSPS) is 14.8. The van der Waals surface area contributed by atoms with E-state index in [9.17, 15) is 4.79 Å². The summed E-state index contributed by atoms with van der Waals surface area (Å²) in [6.45, 7) is 1.16. The molecular formula is C15H18N2O2. The molecule has 0 aliphatic heterocycles. The lowest BCUT2D eigenvalue weighted by Gasteiger charge is -2.07. The average Bonchev–Trinajstić information content (AvgIpc) is 3.18. The standard InChI is InChI=1S/C15H18N2O2/c1-19-15(18)10-17-8-7-13-11(3-2-4-14(13)17)9-16-12-5-6-12/h2-4,7-8,12,16H,5-6,9-10H2,1H3. The highest BCUT2D eigenvalue weighted by Crippen LogP contribution is 2.23. The van der Waals surface area contributed by atoms with Crippen LogP contribution < -0.4 is 5.32 Å². The summed E-state index contributed by atoms with van der Waals surface area (Å²) < 4.78 is 6.65. The molecule has 0 spiro atoms. The number of methoxy groups -OCH3 is 1. The second kappa shape index (κ2) is 5.05. The molecule has 1 fully saturated rings. The molecule has 100 valence electrons. The van der Waals surface area contributed by atoms with Crippen molar-refractivity contribution in [2.75, 3.05) is 7.11 Å². The third-order valence-electron chi connectivity index (χ3n) is 3.59. The van der Waals surface area contributed by atoms with Gasteiger partial charge in [0.25, 0.3) is 0 Å². The van der Waals surface area contributed by atoms with Crippen LogP contribution in [0.5, 0.6) is 0 Å². The van der Waals surface area contributed by atoms with Crippen LogP contribution in [0.2, 0.25) is 0 Å². The molecule has 19 heavy (non-hydrogen) atoms. The summed E-state index contributed by atoms with van der Waals surface area (Å²) in [6, 6.07) is 8.99. The van der Waals surface area contributed by atoms with Crippen molar-refractivity contribution in [1.82, 2.24) is 9.88 Å². The molecule has 4 nitrogen and oxygen atoms in total. The SMILES string of the molecule is COC(=O)Cn1ccc2c(CNC3CC3)cccc21. The van der Waals surface area contributed by atoms with E-state index in [-0.39, 0.29) is 12.5 Å². The van der Waals surface area contributed by atoms with E-state index in [0.29, 0.717) is 6.04 Å². The Morgan fingerprint density at radius 1 is 1.42 bits per heavy atom. The fraction of sp³-hybridized carbons (Fsp3) is 0.400. The summed E-state index contributed by atoms with van der Waals surface area (Å²) >= 11 is 0. The van der Waals surface area contributed by atoms with Gasteiger partial charge >= 0.3 is 5.97 Å². The molecule has 4 heteroatoms. The number of esters is 1. The molecule has 0 amide bonds. The molecule has 0 atom stereocenters. The number of hydrogen-bond donors (Lipinski definition) is 1. The van der Waals surface area contributed by atoms with Crippen molar-refractivity contribution in [1.29, 1.82) is 0 Å². The van der Waals surface area contributed by atoms with Crippen LogP contribution in [0.15, 0.2) is 30.5 Å². The van der Waals surface area contributed by atoms with Crippen LogP contribution in [0.4, 0.5) is 0 Å². The zero-order valence-electron chi connectivity index (χ0n) is 11.1. The molecule has 1 aliphatic carbocycles. The number of carbonyl (C=O) groups excluding carboxylic acids is 1. The van der Waals surface area contributed by atoms with Crippen molar-refractivity contribution in [3.8, 4) is 0 Å². The second-order valence-corrected chi connectivity index (χ2v) is 5.02. The number of ether oxygens (including phenoxy) is 1. The Kier molecular flexibility index (Phi) is 3.25. The van der Waals surface area contributed by atoms with Gasteiger partial charge in [-0.2, -0.15) is 0 Å². The Morgan fingerprint density at radius 2 is 2.26 bits per heavy atom. The highest BCUT2D eigenvalue weighted by Gasteiger charge is 2.20. The van der Waals surface area contributed by atoms with E-state index in [0.717, 1.165) is 12.1 Å². The second-order valence-electron chi connectivity index (χ2n) is 5.02. The lowest BCUT2D eigenvalue weighted by Crippen LogP contribution is -2.15. The van der Waals surface area contributed by atoms with Gasteiger partial charge in [-0.25, -0.2) is 0 Å². The van der Waals surface area contributed by atoms with Gasteiger partial charge in [-0.05, 0) is 30.5 Å². The molecule has 3 rings (SSSR count). The van der Waals surface area contributed by atoms with Crippen molar-refractivity contribution in [2.45, 2.75) is 32.0 Å². The van der Waals surface area contributed by atoms with Crippen LogP contribution in [-0.4, -0.2) is 23.7 Å². The van der Waals surface area contributed by atoms with Gasteiger partial charge in [0.1, 0.15) is 6.54 Å². The van der Waals surface area contributed by atoms with E-state index in [2.05, 4.69) is 17.4 Å². The molecule has 1 aromatic carbocycles. The van der Waals surface area contributed by atoms with E-state index in [1.54, 1.807) is 0 Å². The third kappa shape index (κ3) is 2.63.